The van der Waals surface area contributed by atoms with Gasteiger partial charge in [0.25, 0.3) is 0 Å². The van der Waals surface area contributed by atoms with E-state index in [4.69, 9.17) is 29.9 Å². The van der Waals surface area contributed by atoms with Crippen molar-refractivity contribution in [3.8, 4) is 0 Å². The maximum Gasteiger partial charge on any atom is 0.338 e. The van der Waals surface area contributed by atoms with Gasteiger partial charge < -0.3 is 29.9 Å². The summed E-state index contributed by atoms with van der Waals surface area (Å²) in [6.07, 6.45) is 1.59. The highest BCUT2D eigenvalue weighted by Crippen LogP contribution is 2.40. The van der Waals surface area contributed by atoms with Crippen LogP contribution in [0.3, 0.4) is 0 Å². The summed E-state index contributed by atoms with van der Waals surface area (Å²) in [7, 11) is 0. The third kappa shape index (κ3) is 9.21. The van der Waals surface area contributed by atoms with Crippen molar-refractivity contribution in [2.24, 2.45) is 5.92 Å². The molecule has 1 fully saturated rings. The third-order valence-corrected chi connectivity index (χ3v) is 7.35. The Labute approximate surface area is 271 Å². The van der Waals surface area contributed by atoms with E-state index in [0.717, 1.165) is 23.1 Å². The van der Waals surface area contributed by atoms with Gasteiger partial charge in [0.1, 0.15) is 30.2 Å². The molecule has 1 saturated heterocycles. The van der Waals surface area contributed by atoms with Crippen LogP contribution in [-0.2, 0) is 9.47 Å². The number of anilines is 1. The number of carboxylic acids is 2. The maximum absolute atomic E-state index is 12.2. The molecule has 3 aromatic carbocycles. The van der Waals surface area contributed by atoms with Crippen LogP contribution < -0.4 is 5.73 Å². The molecule has 3 heterocycles. The van der Waals surface area contributed by atoms with Gasteiger partial charge in [0.2, 0.25) is 5.58 Å². The molecule has 12 nitrogen and oxygen atoms in total. The van der Waals surface area contributed by atoms with Crippen LogP contribution in [0, 0.1) is 26.7 Å². The predicted octanol–water partition coefficient (Wildman–Crippen LogP) is 6.22. The molecular weight excluding hydrogens is 604 g/mol. The van der Waals surface area contributed by atoms with E-state index >= 15 is 0 Å². The van der Waals surface area contributed by atoms with Gasteiger partial charge >= 0.3 is 17.9 Å². The first-order valence-electron chi connectivity index (χ1n) is 14.8. The van der Waals surface area contributed by atoms with Crippen molar-refractivity contribution in [3.63, 3.8) is 0 Å². The van der Waals surface area contributed by atoms with Crippen LogP contribution in [0.1, 0.15) is 72.9 Å². The maximum atomic E-state index is 12.2. The van der Waals surface area contributed by atoms with Crippen molar-refractivity contribution in [1.82, 2.24) is 15.1 Å². The second-order valence-electron chi connectivity index (χ2n) is 11.2. The monoisotopic (exact) mass is 640 g/mol. The molecule has 12 heteroatoms. The SMILES string of the molecule is Cc1ccc(C(=O)O)cc1.Cc1ccc(C(=O)O)cc1.Cc1ccc(C(=O)OC[C@@H]2C[C@H](C)[C@H](c3noc4c(N)ncnc34)O2)cc1. The largest absolute Gasteiger partial charge is 0.478 e. The number of esters is 1. The van der Waals surface area contributed by atoms with E-state index in [-0.39, 0.29) is 36.5 Å². The molecule has 0 unspecified atom stereocenters. The van der Waals surface area contributed by atoms with Crippen molar-refractivity contribution < 1.29 is 38.6 Å². The molecule has 4 N–H and O–H groups in total. The molecule has 47 heavy (non-hydrogen) atoms. The van der Waals surface area contributed by atoms with Gasteiger partial charge in [-0.1, -0.05) is 65.2 Å². The fraction of sp³-hybridized carbons (Fsp3) is 0.257. The number of benzene rings is 3. The second kappa shape index (κ2) is 15.6. The minimum absolute atomic E-state index is 0.164. The van der Waals surface area contributed by atoms with Crippen molar-refractivity contribution in [2.45, 2.75) is 46.3 Å². The number of nitrogen functional groups attached to an aromatic ring is 1. The first-order valence-corrected chi connectivity index (χ1v) is 14.8. The molecule has 0 amide bonds. The molecule has 3 atom stereocenters. The first kappa shape index (κ1) is 34.3. The third-order valence-electron chi connectivity index (χ3n) is 7.35. The highest BCUT2D eigenvalue weighted by atomic mass is 16.6. The summed E-state index contributed by atoms with van der Waals surface area (Å²) in [5.74, 6) is -1.70. The molecule has 5 aromatic rings. The Bertz CT molecular complexity index is 1760. The van der Waals surface area contributed by atoms with E-state index in [1.165, 1.54) is 6.33 Å². The molecule has 0 saturated carbocycles. The summed E-state index contributed by atoms with van der Waals surface area (Å²) in [6, 6.07) is 20.8. The van der Waals surface area contributed by atoms with E-state index in [1.807, 2.05) is 32.9 Å². The molecule has 0 aliphatic carbocycles. The predicted molar refractivity (Wildman–Crippen MR) is 173 cm³/mol. The normalized spacial score (nSPS) is 16.7. The minimum atomic E-state index is -0.875. The molecular formula is C35H36N4O8. The Hall–Kier alpha value is -5.62. The number of fused-ring (bicyclic) bond motifs is 1. The fourth-order valence-corrected chi connectivity index (χ4v) is 4.70. The number of nitrogens with two attached hydrogens (primary N) is 1. The summed E-state index contributed by atoms with van der Waals surface area (Å²) in [6.45, 7) is 8.05. The van der Waals surface area contributed by atoms with Gasteiger partial charge in [-0.05, 0) is 69.5 Å². The Morgan fingerprint density at radius 1 is 0.809 bits per heavy atom. The van der Waals surface area contributed by atoms with Crippen LogP contribution in [0.15, 0.2) is 83.6 Å². The number of hydrogen-bond acceptors (Lipinski definition) is 10. The topological polar surface area (TPSA) is 188 Å². The number of ether oxygens (including phenoxy) is 2. The summed E-state index contributed by atoms with van der Waals surface area (Å²) < 4.78 is 16.8. The van der Waals surface area contributed by atoms with Crippen LogP contribution in [0.2, 0.25) is 0 Å². The van der Waals surface area contributed by atoms with E-state index in [9.17, 15) is 14.4 Å². The number of hydrogen-bond donors (Lipinski definition) is 3. The van der Waals surface area contributed by atoms with E-state index < -0.39 is 11.9 Å². The number of aromatic nitrogens is 3. The number of carbonyl (C=O) groups excluding carboxylic acids is 1. The standard InChI is InChI=1S/C19H20N4O4.2C8H8O2/c1-10-3-5-12(6-4-10)19(24)25-8-13-7-11(2)16(26-13)15-14-17(27-23-15)18(20)22-9-21-14;2*1-6-2-4-7(5-3-6)8(9)10/h3-6,9,11,13,16H,7-8H2,1-2H3,(H2,20,21,22);2*2-5H,1H3,(H,9,10)/t11-,13-,16+;;/m0../s1. The lowest BCUT2D eigenvalue weighted by molar-refractivity contribution is -0.0132. The second-order valence-corrected chi connectivity index (χ2v) is 11.2. The smallest absolute Gasteiger partial charge is 0.338 e. The van der Waals surface area contributed by atoms with Crippen LogP contribution in [0.5, 0.6) is 0 Å². The Kier molecular flexibility index (Phi) is 11.4. The fourth-order valence-electron chi connectivity index (χ4n) is 4.70. The summed E-state index contributed by atoms with van der Waals surface area (Å²) in [5.41, 5.74) is 11.7. The summed E-state index contributed by atoms with van der Waals surface area (Å²) >= 11 is 0. The number of nitrogens with zero attached hydrogens (tertiary/aromatic N) is 3. The first-order chi connectivity index (χ1) is 22.4. The van der Waals surface area contributed by atoms with Gasteiger partial charge in [0.15, 0.2) is 5.82 Å². The van der Waals surface area contributed by atoms with Crippen LogP contribution in [0.25, 0.3) is 11.1 Å². The van der Waals surface area contributed by atoms with Crippen LogP contribution in [0.4, 0.5) is 5.82 Å². The molecule has 2 aromatic heterocycles. The van der Waals surface area contributed by atoms with Crippen molar-refractivity contribution in [1.29, 1.82) is 0 Å². The number of carboxylic acid groups (broad SMARTS) is 2. The molecule has 0 spiro atoms. The average Bonchev–Trinajstić information content (AvgIpc) is 3.65. The Morgan fingerprint density at radius 2 is 1.30 bits per heavy atom. The van der Waals surface area contributed by atoms with E-state index in [1.54, 1.807) is 60.7 Å². The van der Waals surface area contributed by atoms with Gasteiger partial charge in [0.05, 0.1) is 22.8 Å². The molecule has 1 aliphatic heterocycles. The lowest BCUT2D eigenvalue weighted by atomic mass is 9.99. The van der Waals surface area contributed by atoms with Gasteiger partial charge in [-0.15, -0.1) is 0 Å². The zero-order valence-corrected chi connectivity index (χ0v) is 26.4. The molecule has 6 rings (SSSR count). The number of aromatic carboxylic acids is 2. The highest BCUT2D eigenvalue weighted by molar-refractivity contribution is 5.89. The lowest BCUT2D eigenvalue weighted by Crippen LogP contribution is -2.18. The minimum Gasteiger partial charge on any atom is -0.478 e. The number of rotatable bonds is 6. The van der Waals surface area contributed by atoms with Gasteiger partial charge in [-0.3, -0.25) is 0 Å². The molecule has 244 valence electrons. The van der Waals surface area contributed by atoms with Gasteiger partial charge in [-0.25, -0.2) is 24.4 Å². The molecule has 0 radical (unpaired) electrons. The number of aryl methyl sites for hydroxylation is 3. The molecule has 0 bridgehead atoms. The van der Waals surface area contributed by atoms with Crippen molar-refractivity contribution >= 4 is 34.8 Å². The zero-order valence-electron chi connectivity index (χ0n) is 26.4. The highest BCUT2D eigenvalue weighted by Gasteiger charge is 2.37. The van der Waals surface area contributed by atoms with Crippen LogP contribution >= 0.6 is 0 Å². The van der Waals surface area contributed by atoms with Gasteiger partial charge in [-0.2, -0.15) is 0 Å². The quantitative estimate of drug-likeness (QED) is 0.178. The van der Waals surface area contributed by atoms with Gasteiger partial charge in [0, 0.05) is 0 Å². The van der Waals surface area contributed by atoms with E-state index in [2.05, 4.69) is 22.0 Å². The number of carbonyl (C=O) groups is 3. The van der Waals surface area contributed by atoms with Crippen molar-refractivity contribution in [2.75, 3.05) is 12.3 Å². The molecule has 1 aliphatic rings. The summed E-state index contributed by atoms with van der Waals surface area (Å²) in [4.78, 5) is 40.9. The zero-order chi connectivity index (χ0) is 34.1. The summed E-state index contributed by atoms with van der Waals surface area (Å²) in [5, 5.41) is 21.0. The average molecular weight is 641 g/mol. The Morgan fingerprint density at radius 3 is 1.79 bits per heavy atom. The lowest BCUT2D eigenvalue weighted by Gasteiger charge is -2.13. The Balaban J connectivity index is 0.000000204. The van der Waals surface area contributed by atoms with E-state index in [0.29, 0.717) is 33.5 Å². The van der Waals surface area contributed by atoms with Crippen molar-refractivity contribution in [3.05, 3.63) is 118 Å². The van der Waals surface area contributed by atoms with Crippen LogP contribution in [-0.4, -0.2) is 56.0 Å².